The lowest BCUT2D eigenvalue weighted by Gasteiger charge is -2.07. The van der Waals surface area contributed by atoms with Gasteiger partial charge < -0.3 is 11.5 Å². The predicted molar refractivity (Wildman–Crippen MR) is 60.7 cm³/mol. The van der Waals surface area contributed by atoms with Gasteiger partial charge in [0.05, 0.1) is 11.4 Å². The summed E-state index contributed by atoms with van der Waals surface area (Å²) in [5.74, 6) is -0.283. The van der Waals surface area contributed by atoms with E-state index >= 15 is 0 Å². The molecule has 4 N–H and O–H groups in total. The summed E-state index contributed by atoms with van der Waals surface area (Å²) in [6, 6.07) is 11.6. The van der Waals surface area contributed by atoms with E-state index in [1.807, 2.05) is 6.07 Å². The summed E-state index contributed by atoms with van der Waals surface area (Å²) in [7, 11) is 0. The van der Waals surface area contributed by atoms with Crippen molar-refractivity contribution in [1.82, 2.24) is 0 Å². The van der Waals surface area contributed by atoms with Crippen LogP contribution in [0.25, 0.3) is 11.1 Å². The summed E-state index contributed by atoms with van der Waals surface area (Å²) in [6.07, 6.45) is 0. The van der Waals surface area contributed by atoms with Gasteiger partial charge in [0.1, 0.15) is 5.82 Å². The Labute approximate surface area is 87.3 Å². The van der Waals surface area contributed by atoms with Gasteiger partial charge >= 0.3 is 0 Å². The second-order valence-corrected chi connectivity index (χ2v) is 3.32. The van der Waals surface area contributed by atoms with Gasteiger partial charge in [-0.1, -0.05) is 24.3 Å². The lowest BCUT2D eigenvalue weighted by atomic mass is 10.0. The smallest absolute Gasteiger partial charge is 0.123 e. The maximum absolute atomic E-state index is 13.0. The fraction of sp³-hybridized carbons (Fsp3) is 0. The van der Waals surface area contributed by atoms with E-state index in [0.717, 1.165) is 11.1 Å². The number of benzene rings is 2. The Morgan fingerprint density at radius 1 is 0.933 bits per heavy atom. The number of hydrogen-bond acceptors (Lipinski definition) is 2. The molecule has 3 heteroatoms. The molecule has 0 saturated heterocycles. The van der Waals surface area contributed by atoms with Gasteiger partial charge in [-0.05, 0) is 23.8 Å². The van der Waals surface area contributed by atoms with E-state index in [1.54, 1.807) is 24.3 Å². The van der Waals surface area contributed by atoms with Gasteiger partial charge in [-0.2, -0.15) is 0 Å². The molecule has 0 saturated carbocycles. The SMILES string of the molecule is Nc1cccc(-c2cccc(F)c2)c1N. The summed E-state index contributed by atoms with van der Waals surface area (Å²) >= 11 is 0. The molecule has 0 fully saturated rings. The molecular weight excluding hydrogens is 191 g/mol. The summed E-state index contributed by atoms with van der Waals surface area (Å²) < 4.78 is 13.0. The van der Waals surface area contributed by atoms with Gasteiger partial charge in [0.15, 0.2) is 0 Å². The van der Waals surface area contributed by atoms with Crippen LogP contribution in [0.3, 0.4) is 0 Å². The van der Waals surface area contributed by atoms with Crippen LogP contribution < -0.4 is 11.5 Å². The molecular formula is C12H11FN2. The number of hydrogen-bond donors (Lipinski definition) is 2. The van der Waals surface area contributed by atoms with Gasteiger partial charge in [-0.25, -0.2) is 4.39 Å². The van der Waals surface area contributed by atoms with Crippen LogP contribution in [0.5, 0.6) is 0 Å². The molecule has 0 atom stereocenters. The van der Waals surface area contributed by atoms with Crippen LogP contribution in [0.1, 0.15) is 0 Å². The topological polar surface area (TPSA) is 52.0 Å². The van der Waals surface area contributed by atoms with E-state index in [-0.39, 0.29) is 5.82 Å². The van der Waals surface area contributed by atoms with Crippen molar-refractivity contribution in [3.05, 3.63) is 48.3 Å². The van der Waals surface area contributed by atoms with Crippen molar-refractivity contribution in [2.24, 2.45) is 0 Å². The van der Waals surface area contributed by atoms with Crippen LogP contribution in [-0.2, 0) is 0 Å². The Balaban J connectivity index is 2.59. The standard InChI is InChI=1S/C12H11FN2/c13-9-4-1-3-8(7-9)10-5-2-6-11(14)12(10)15/h1-7H,14-15H2. The van der Waals surface area contributed by atoms with Crippen molar-refractivity contribution in [3.63, 3.8) is 0 Å². The number of rotatable bonds is 1. The highest BCUT2D eigenvalue weighted by Gasteiger charge is 2.05. The molecule has 0 unspecified atom stereocenters. The maximum Gasteiger partial charge on any atom is 0.123 e. The van der Waals surface area contributed by atoms with E-state index < -0.39 is 0 Å². The van der Waals surface area contributed by atoms with Crippen molar-refractivity contribution in [2.45, 2.75) is 0 Å². The zero-order chi connectivity index (χ0) is 10.8. The van der Waals surface area contributed by atoms with Crippen molar-refractivity contribution in [3.8, 4) is 11.1 Å². The Bertz CT molecular complexity index is 495. The fourth-order valence-corrected chi connectivity index (χ4v) is 1.49. The van der Waals surface area contributed by atoms with E-state index in [0.29, 0.717) is 11.4 Å². The molecule has 0 heterocycles. The molecule has 0 amide bonds. The molecule has 2 rings (SSSR count). The molecule has 0 aliphatic carbocycles. The Morgan fingerprint density at radius 2 is 1.67 bits per heavy atom. The molecule has 2 aromatic rings. The average Bonchev–Trinajstić information content (AvgIpc) is 2.22. The third-order valence-corrected chi connectivity index (χ3v) is 2.28. The quantitative estimate of drug-likeness (QED) is 0.698. The highest BCUT2D eigenvalue weighted by Crippen LogP contribution is 2.29. The van der Waals surface area contributed by atoms with Gasteiger partial charge in [0.2, 0.25) is 0 Å². The first kappa shape index (κ1) is 9.52. The molecule has 0 bridgehead atoms. The molecule has 15 heavy (non-hydrogen) atoms. The summed E-state index contributed by atoms with van der Waals surface area (Å²) in [5, 5.41) is 0. The van der Waals surface area contributed by atoms with Gasteiger partial charge in [0, 0.05) is 5.56 Å². The third kappa shape index (κ3) is 1.76. The molecule has 0 spiro atoms. The predicted octanol–water partition coefficient (Wildman–Crippen LogP) is 2.66. The van der Waals surface area contributed by atoms with Gasteiger partial charge in [-0.15, -0.1) is 0 Å². The largest absolute Gasteiger partial charge is 0.397 e. The maximum atomic E-state index is 13.0. The van der Waals surface area contributed by atoms with E-state index in [4.69, 9.17) is 11.5 Å². The molecule has 0 aromatic heterocycles. The molecule has 76 valence electrons. The number of para-hydroxylation sites is 1. The van der Waals surface area contributed by atoms with Gasteiger partial charge in [-0.3, -0.25) is 0 Å². The molecule has 0 aliphatic heterocycles. The lowest BCUT2D eigenvalue weighted by Crippen LogP contribution is -1.96. The Morgan fingerprint density at radius 3 is 2.40 bits per heavy atom. The second kappa shape index (κ2) is 3.61. The van der Waals surface area contributed by atoms with Crippen LogP contribution in [0.4, 0.5) is 15.8 Å². The van der Waals surface area contributed by atoms with Crippen molar-refractivity contribution in [2.75, 3.05) is 11.5 Å². The zero-order valence-corrected chi connectivity index (χ0v) is 8.07. The minimum absolute atomic E-state index is 0.283. The first-order valence-electron chi connectivity index (χ1n) is 4.58. The van der Waals surface area contributed by atoms with E-state index in [2.05, 4.69) is 0 Å². The van der Waals surface area contributed by atoms with Crippen molar-refractivity contribution < 1.29 is 4.39 Å². The number of anilines is 2. The second-order valence-electron chi connectivity index (χ2n) is 3.32. The summed E-state index contributed by atoms with van der Waals surface area (Å²) in [5.41, 5.74) is 14.0. The van der Waals surface area contributed by atoms with Crippen molar-refractivity contribution in [1.29, 1.82) is 0 Å². The van der Waals surface area contributed by atoms with E-state index in [1.165, 1.54) is 12.1 Å². The summed E-state index contributed by atoms with van der Waals surface area (Å²) in [6.45, 7) is 0. The molecule has 0 radical (unpaired) electrons. The van der Waals surface area contributed by atoms with Crippen LogP contribution >= 0.6 is 0 Å². The van der Waals surface area contributed by atoms with E-state index in [9.17, 15) is 4.39 Å². The highest BCUT2D eigenvalue weighted by molar-refractivity contribution is 5.84. The van der Waals surface area contributed by atoms with Crippen molar-refractivity contribution >= 4 is 11.4 Å². The molecule has 0 aliphatic rings. The Kier molecular flexibility index (Phi) is 2.29. The number of halogens is 1. The monoisotopic (exact) mass is 202 g/mol. The third-order valence-electron chi connectivity index (χ3n) is 2.28. The van der Waals surface area contributed by atoms with Crippen LogP contribution in [0.15, 0.2) is 42.5 Å². The van der Waals surface area contributed by atoms with Crippen LogP contribution in [-0.4, -0.2) is 0 Å². The molecule has 2 aromatic carbocycles. The highest BCUT2D eigenvalue weighted by atomic mass is 19.1. The van der Waals surface area contributed by atoms with Crippen LogP contribution in [0.2, 0.25) is 0 Å². The minimum atomic E-state index is -0.283. The normalized spacial score (nSPS) is 10.2. The first-order chi connectivity index (χ1) is 7.18. The lowest BCUT2D eigenvalue weighted by molar-refractivity contribution is 0.628. The summed E-state index contributed by atoms with van der Waals surface area (Å²) in [4.78, 5) is 0. The first-order valence-corrected chi connectivity index (χ1v) is 4.58. The Hall–Kier alpha value is -2.03. The molecule has 2 nitrogen and oxygen atoms in total. The van der Waals surface area contributed by atoms with Gasteiger partial charge in [0.25, 0.3) is 0 Å². The number of nitrogen functional groups attached to an aromatic ring is 2. The zero-order valence-electron chi connectivity index (χ0n) is 8.07. The average molecular weight is 202 g/mol. The fourth-order valence-electron chi connectivity index (χ4n) is 1.49. The van der Waals surface area contributed by atoms with Crippen LogP contribution in [0, 0.1) is 5.82 Å². The number of nitrogens with two attached hydrogens (primary N) is 2. The minimum Gasteiger partial charge on any atom is -0.397 e.